The van der Waals surface area contributed by atoms with Crippen LogP contribution in [0.2, 0.25) is 0 Å². The molecule has 1 N–H and O–H groups in total. The highest BCUT2D eigenvalue weighted by Gasteiger charge is 2.23. The van der Waals surface area contributed by atoms with E-state index in [-0.39, 0.29) is 17.3 Å². The van der Waals surface area contributed by atoms with Crippen LogP contribution in [0.4, 0.5) is 0 Å². The number of pyridine rings is 1. The largest absolute Gasteiger partial charge is 0.348 e. The summed E-state index contributed by atoms with van der Waals surface area (Å²) >= 11 is 0. The van der Waals surface area contributed by atoms with E-state index in [1.54, 1.807) is 60.9 Å². The minimum Gasteiger partial charge on any atom is -0.348 e. The molecule has 30 heavy (non-hydrogen) atoms. The van der Waals surface area contributed by atoms with Gasteiger partial charge in [0.15, 0.2) is 0 Å². The molecule has 3 rings (SSSR count). The second kappa shape index (κ2) is 9.65. The average Bonchev–Trinajstić information content (AvgIpc) is 2.77. The van der Waals surface area contributed by atoms with Gasteiger partial charge in [0, 0.05) is 37.6 Å². The van der Waals surface area contributed by atoms with E-state index in [9.17, 15) is 13.2 Å². The highest BCUT2D eigenvalue weighted by atomic mass is 32.2. The molecule has 1 heterocycles. The number of aryl methyl sites for hydroxylation is 1. The van der Waals surface area contributed by atoms with Gasteiger partial charge in [-0.05, 0) is 48.4 Å². The van der Waals surface area contributed by atoms with E-state index >= 15 is 0 Å². The van der Waals surface area contributed by atoms with Crippen LogP contribution < -0.4 is 5.32 Å². The standard InChI is InChI=1S/C23H25N3O3S/c1-3-26(30(28,29)22-12-6-18(2)7-13-22)17-19-8-10-21(11-9-19)23(27)25-16-20-5-4-14-24-15-20/h4-15H,3,16-17H2,1-2H3,(H,25,27). The molecular formula is C23H25N3O3S. The lowest BCUT2D eigenvalue weighted by molar-refractivity contribution is 0.0951. The first kappa shape index (κ1) is 21.7. The van der Waals surface area contributed by atoms with Crippen molar-refractivity contribution in [2.24, 2.45) is 0 Å². The number of nitrogens with one attached hydrogen (secondary N) is 1. The van der Waals surface area contributed by atoms with Crippen LogP contribution in [-0.4, -0.2) is 30.2 Å². The van der Waals surface area contributed by atoms with Gasteiger partial charge in [-0.15, -0.1) is 0 Å². The van der Waals surface area contributed by atoms with Gasteiger partial charge < -0.3 is 5.32 Å². The number of rotatable bonds is 8. The van der Waals surface area contributed by atoms with E-state index in [2.05, 4.69) is 10.3 Å². The number of amides is 1. The summed E-state index contributed by atoms with van der Waals surface area (Å²) in [5.74, 6) is -0.190. The summed E-state index contributed by atoms with van der Waals surface area (Å²) in [4.78, 5) is 16.6. The first-order valence-corrected chi connectivity index (χ1v) is 11.2. The first-order valence-electron chi connectivity index (χ1n) is 9.73. The number of sulfonamides is 1. The van der Waals surface area contributed by atoms with Crippen molar-refractivity contribution < 1.29 is 13.2 Å². The lowest BCUT2D eigenvalue weighted by Gasteiger charge is -2.21. The van der Waals surface area contributed by atoms with E-state index in [1.165, 1.54) is 4.31 Å². The lowest BCUT2D eigenvalue weighted by atomic mass is 10.1. The number of carbonyl (C=O) groups excluding carboxylic acids is 1. The highest BCUT2D eigenvalue weighted by molar-refractivity contribution is 7.89. The van der Waals surface area contributed by atoms with Gasteiger partial charge in [0.1, 0.15) is 0 Å². The Labute approximate surface area is 177 Å². The van der Waals surface area contributed by atoms with Gasteiger partial charge in [-0.25, -0.2) is 8.42 Å². The summed E-state index contributed by atoms with van der Waals surface area (Å²) in [6, 6.07) is 17.5. The Bertz CT molecular complexity index is 1080. The second-order valence-corrected chi connectivity index (χ2v) is 8.92. The maximum absolute atomic E-state index is 12.9. The molecule has 0 saturated carbocycles. The fourth-order valence-electron chi connectivity index (χ4n) is 2.98. The fourth-order valence-corrected chi connectivity index (χ4v) is 4.42. The minimum absolute atomic E-state index is 0.190. The normalized spacial score (nSPS) is 11.4. The Morgan fingerprint density at radius 1 is 1.00 bits per heavy atom. The zero-order valence-corrected chi connectivity index (χ0v) is 17.9. The predicted molar refractivity (Wildman–Crippen MR) is 116 cm³/mol. The zero-order chi connectivity index (χ0) is 21.6. The van der Waals surface area contributed by atoms with Gasteiger partial charge in [0.05, 0.1) is 4.90 Å². The molecule has 0 unspecified atom stereocenters. The molecule has 0 saturated heterocycles. The van der Waals surface area contributed by atoms with Crippen molar-refractivity contribution in [1.29, 1.82) is 0 Å². The Morgan fingerprint density at radius 2 is 1.70 bits per heavy atom. The molecule has 0 aliphatic rings. The fraction of sp³-hybridized carbons (Fsp3) is 0.217. The van der Waals surface area contributed by atoms with Crippen molar-refractivity contribution in [3.63, 3.8) is 0 Å². The number of nitrogens with zero attached hydrogens (tertiary/aromatic N) is 2. The van der Waals surface area contributed by atoms with Gasteiger partial charge >= 0.3 is 0 Å². The molecule has 0 radical (unpaired) electrons. The zero-order valence-electron chi connectivity index (χ0n) is 17.1. The van der Waals surface area contributed by atoms with E-state index in [0.717, 1.165) is 16.7 Å². The van der Waals surface area contributed by atoms with Crippen LogP contribution in [0.5, 0.6) is 0 Å². The Balaban J connectivity index is 1.66. The summed E-state index contributed by atoms with van der Waals surface area (Å²) in [5.41, 5.74) is 3.26. The van der Waals surface area contributed by atoms with E-state index in [4.69, 9.17) is 0 Å². The van der Waals surface area contributed by atoms with Crippen molar-refractivity contribution in [2.75, 3.05) is 6.54 Å². The molecule has 0 bridgehead atoms. The second-order valence-electron chi connectivity index (χ2n) is 6.99. The number of hydrogen-bond donors (Lipinski definition) is 1. The van der Waals surface area contributed by atoms with Crippen LogP contribution in [0.15, 0.2) is 78.0 Å². The topological polar surface area (TPSA) is 79.4 Å². The predicted octanol–water partition coefficient (Wildman–Crippen LogP) is 3.53. The lowest BCUT2D eigenvalue weighted by Crippen LogP contribution is -2.30. The van der Waals surface area contributed by atoms with Crippen molar-refractivity contribution in [3.05, 3.63) is 95.3 Å². The summed E-state index contributed by atoms with van der Waals surface area (Å²) in [5, 5.41) is 2.85. The SMILES string of the molecule is CCN(Cc1ccc(C(=O)NCc2cccnc2)cc1)S(=O)(=O)c1ccc(C)cc1. The highest BCUT2D eigenvalue weighted by Crippen LogP contribution is 2.19. The van der Waals surface area contributed by atoms with E-state index < -0.39 is 10.0 Å². The van der Waals surface area contributed by atoms with E-state index in [0.29, 0.717) is 18.7 Å². The molecule has 0 aliphatic heterocycles. The molecule has 3 aromatic rings. The van der Waals surface area contributed by atoms with Gasteiger partial charge in [-0.3, -0.25) is 9.78 Å². The van der Waals surface area contributed by atoms with Gasteiger partial charge in [-0.2, -0.15) is 4.31 Å². The quantitative estimate of drug-likeness (QED) is 0.601. The number of aromatic nitrogens is 1. The monoisotopic (exact) mass is 423 g/mol. The first-order chi connectivity index (χ1) is 14.4. The summed E-state index contributed by atoms with van der Waals surface area (Å²) in [7, 11) is -3.58. The molecule has 6 nitrogen and oxygen atoms in total. The van der Waals surface area contributed by atoms with Crippen LogP contribution in [0.3, 0.4) is 0 Å². The van der Waals surface area contributed by atoms with Crippen molar-refractivity contribution >= 4 is 15.9 Å². The Hall–Kier alpha value is -3.03. The third-order valence-corrected chi connectivity index (χ3v) is 6.70. The molecule has 1 aromatic heterocycles. The molecule has 0 spiro atoms. The van der Waals surface area contributed by atoms with Gasteiger partial charge in [0.2, 0.25) is 10.0 Å². The van der Waals surface area contributed by atoms with Gasteiger partial charge in [0.25, 0.3) is 5.91 Å². The van der Waals surface area contributed by atoms with Crippen molar-refractivity contribution in [2.45, 2.75) is 31.8 Å². The summed E-state index contributed by atoms with van der Waals surface area (Å²) in [6.45, 7) is 4.72. The number of benzene rings is 2. The Morgan fingerprint density at radius 3 is 2.30 bits per heavy atom. The van der Waals surface area contributed by atoms with Crippen LogP contribution in [0.1, 0.15) is 34.0 Å². The summed E-state index contributed by atoms with van der Waals surface area (Å²) < 4.78 is 27.3. The van der Waals surface area contributed by atoms with Gasteiger partial charge in [-0.1, -0.05) is 42.8 Å². The molecule has 0 aliphatic carbocycles. The molecule has 0 atom stereocenters. The third-order valence-electron chi connectivity index (χ3n) is 4.76. The molecule has 2 aromatic carbocycles. The maximum atomic E-state index is 12.9. The minimum atomic E-state index is -3.58. The number of carbonyl (C=O) groups is 1. The summed E-state index contributed by atoms with van der Waals surface area (Å²) in [6.07, 6.45) is 3.39. The van der Waals surface area contributed by atoms with Crippen molar-refractivity contribution in [1.82, 2.24) is 14.6 Å². The molecule has 1 amide bonds. The van der Waals surface area contributed by atoms with Crippen LogP contribution in [-0.2, 0) is 23.1 Å². The molecular weight excluding hydrogens is 398 g/mol. The smallest absolute Gasteiger partial charge is 0.251 e. The van der Waals surface area contributed by atoms with Crippen LogP contribution in [0, 0.1) is 6.92 Å². The Kier molecular flexibility index (Phi) is 6.97. The van der Waals surface area contributed by atoms with Crippen LogP contribution >= 0.6 is 0 Å². The van der Waals surface area contributed by atoms with Crippen LogP contribution in [0.25, 0.3) is 0 Å². The molecule has 156 valence electrons. The van der Waals surface area contributed by atoms with E-state index in [1.807, 2.05) is 26.0 Å². The number of hydrogen-bond acceptors (Lipinski definition) is 4. The molecule has 0 fully saturated rings. The molecule has 7 heteroatoms. The third kappa shape index (κ3) is 5.31. The average molecular weight is 424 g/mol. The van der Waals surface area contributed by atoms with Crippen molar-refractivity contribution in [3.8, 4) is 0 Å². The maximum Gasteiger partial charge on any atom is 0.251 e.